The quantitative estimate of drug-likeness (QED) is 0.577. The molecule has 0 aromatic heterocycles. The van der Waals surface area contributed by atoms with E-state index in [9.17, 15) is 14.0 Å². The Labute approximate surface area is 121 Å². The number of carboxylic acid groups (broad SMARTS) is 1. The number of aromatic carboxylic acids is 1. The normalized spacial score (nSPS) is 13.8. The number of urea groups is 1. The van der Waals surface area contributed by atoms with E-state index in [0.29, 0.717) is 12.6 Å². The molecule has 0 radical (unpaired) electrons. The van der Waals surface area contributed by atoms with Gasteiger partial charge in [0, 0.05) is 18.3 Å². The summed E-state index contributed by atoms with van der Waals surface area (Å²) in [5.74, 6) is -2.21. The second-order valence-corrected chi connectivity index (χ2v) is 4.96. The number of carbonyl (C=O) groups is 2. The molecule has 114 valence electrons. The van der Waals surface area contributed by atoms with Crippen LogP contribution >= 0.6 is 0 Å². The van der Waals surface area contributed by atoms with E-state index in [2.05, 4.69) is 16.0 Å². The zero-order valence-corrected chi connectivity index (χ0v) is 11.5. The molecule has 6 nitrogen and oxygen atoms in total. The predicted molar refractivity (Wildman–Crippen MR) is 76.0 cm³/mol. The van der Waals surface area contributed by atoms with Crippen LogP contribution in [0.15, 0.2) is 18.2 Å². The van der Waals surface area contributed by atoms with Crippen molar-refractivity contribution in [1.82, 2.24) is 10.6 Å². The van der Waals surface area contributed by atoms with E-state index in [1.807, 2.05) is 0 Å². The number of nitrogens with one attached hydrogen (secondary N) is 3. The van der Waals surface area contributed by atoms with Crippen LogP contribution in [0.25, 0.3) is 0 Å². The molecule has 1 saturated carbocycles. The molecular weight excluding hydrogens is 277 g/mol. The monoisotopic (exact) mass is 295 g/mol. The number of benzene rings is 1. The van der Waals surface area contributed by atoms with Crippen molar-refractivity contribution >= 4 is 17.7 Å². The summed E-state index contributed by atoms with van der Waals surface area (Å²) in [5, 5.41) is 17.3. The molecule has 1 aliphatic carbocycles. The molecule has 1 aromatic carbocycles. The summed E-state index contributed by atoms with van der Waals surface area (Å²) < 4.78 is 13.2. The van der Waals surface area contributed by atoms with Crippen molar-refractivity contribution in [2.75, 3.05) is 18.4 Å². The second kappa shape index (κ2) is 7.03. The minimum Gasteiger partial charge on any atom is -0.478 e. The van der Waals surface area contributed by atoms with Crippen molar-refractivity contribution in [3.63, 3.8) is 0 Å². The fourth-order valence-electron chi connectivity index (χ4n) is 1.83. The van der Waals surface area contributed by atoms with Gasteiger partial charge in [-0.1, -0.05) is 0 Å². The Bertz CT molecular complexity index is 532. The van der Waals surface area contributed by atoms with Crippen LogP contribution in [0.2, 0.25) is 0 Å². The van der Waals surface area contributed by atoms with E-state index in [1.54, 1.807) is 0 Å². The number of carbonyl (C=O) groups excluding carboxylic acids is 1. The van der Waals surface area contributed by atoms with Gasteiger partial charge in [-0.3, -0.25) is 0 Å². The molecule has 0 atom stereocenters. The van der Waals surface area contributed by atoms with Crippen molar-refractivity contribution in [2.24, 2.45) is 0 Å². The van der Waals surface area contributed by atoms with Gasteiger partial charge in [0.15, 0.2) is 0 Å². The van der Waals surface area contributed by atoms with Crippen LogP contribution in [-0.2, 0) is 0 Å². The van der Waals surface area contributed by atoms with Gasteiger partial charge in [-0.15, -0.1) is 0 Å². The van der Waals surface area contributed by atoms with Crippen LogP contribution in [0.1, 0.15) is 29.6 Å². The molecule has 2 amide bonds. The number of hydrogen-bond donors (Lipinski definition) is 4. The Morgan fingerprint density at radius 3 is 2.71 bits per heavy atom. The summed E-state index contributed by atoms with van der Waals surface area (Å²) in [4.78, 5) is 22.4. The Morgan fingerprint density at radius 2 is 2.05 bits per heavy atom. The Hall–Kier alpha value is -2.15. The summed E-state index contributed by atoms with van der Waals surface area (Å²) >= 11 is 0. The zero-order chi connectivity index (χ0) is 15.2. The van der Waals surface area contributed by atoms with Crippen molar-refractivity contribution in [3.05, 3.63) is 29.6 Å². The number of amides is 2. The van der Waals surface area contributed by atoms with E-state index < -0.39 is 23.4 Å². The van der Waals surface area contributed by atoms with Crippen LogP contribution in [0.5, 0.6) is 0 Å². The first-order valence-electron chi connectivity index (χ1n) is 6.87. The highest BCUT2D eigenvalue weighted by molar-refractivity contribution is 5.93. The van der Waals surface area contributed by atoms with E-state index >= 15 is 0 Å². The maximum absolute atomic E-state index is 13.2. The molecule has 1 aromatic rings. The van der Waals surface area contributed by atoms with Gasteiger partial charge < -0.3 is 21.1 Å². The number of halogens is 1. The van der Waals surface area contributed by atoms with Gasteiger partial charge >= 0.3 is 12.0 Å². The molecule has 4 N–H and O–H groups in total. The van der Waals surface area contributed by atoms with Gasteiger partial charge in [-0.25, -0.2) is 14.0 Å². The molecule has 1 aliphatic rings. The van der Waals surface area contributed by atoms with Crippen LogP contribution in [0.3, 0.4) is 0 Å². The fourth-order valence-corrected chi connectivity index (χ4v) is 1.83. The van der Waals surface area contributed by atoms with E-state index in [1.165, 1.54) is 18.9 Å². The Balaban J connectivity index is 1.73. The zero-order valence-electron chi connectivity index (χ0n) is 11.5. The third kappa shape index (κ3) is 5.03. The molecule has 0 heterocycles. The number of carboxylic acids is 1. The van der Waals surface area contributed by atoms with Gasteiger partial charge in [0.25, 0.3) is 0 Å². The number of anilines is 1. The van der Waals surface area contributed by atoms with E-state index in [-0.39, 0.29) is 5.69 Å². The lowest BCUT2D eigenvalue weighted by Crippen LogP contribution is -2.31. The second-order valence-electron chi connectivity index (χ2n) is 4.96. The lowest BCUT2D eigenvalue weighted by Gasteiger charge is -2.09. The third-order valence-electron chi connectivity index (χ3n) is 3.10. The smallest absolute Gasteiger partial charge is 0.338 e. The average Bonchev–Trinajstić information content (AvgIpc) is 3.24. The maximum Gasteiger partial charge on any atom is 0.338 e. The summed E-state index contributed by atoms with van der Waals surface area (Å²) in [6, 6.07) is 3.62. The van der Waals surface area contributed by atoms with E-state index in [0.717, 1.165) is 25.1 Å². The molecular formula is C14H18FN3O3. The van der Waals surface area contributed by atoms with Crippen LogP contribution in [0.4, 0.5) is 14.9 Å². The van der Waals surface area contributed by atoms with Crippen molar-refractivity contribution < 1.29 is 19.1 Å². The predicted octanol–water partition coefficient (Wildman–Crippen LogP) is 1.79. The number of rotatable bonds is 7. The Kier molecular flexibility index (Phi) is 5.10. The van der Waals surface area contributed by atoms with Gasteiger partial charge in [0.2, 0.25) is 0 Å². The fraction of sp³-hybridized carbons (Fsp3) is 0.429. The first-order chi connectivity index (χ1) is 10.1. The molecule has 2 rings (SSSR count). The summed E-state index contributed by atoms with van der Waals surface area (Å²) in [6.45, 7) is 1.36. The molecule has 7 heteroatoms. The molecule has 0 saturated heterocycles. The lowest BCUT2D eigenvalue weighted by atomic mass is 10.2. The Morgan fingerprint density at radius 1 is 1.29 bits per heavy atom. The standard InChI is InChI=1S/C14H18FN3O3/c15-12-5-4-10(8-11(12)13(19)20)18-14(21)17-7-1-6-16-9-2-3-9/h4-5,8-9,16H,1-3,6-7H2,(H,19,20)(H2,17,18,21). The average molecular weight is 295 g/mol. The third-order valence-corrected chi connectivity index (χ3v) is 3.10. The van der Waals surface area contributed by atoms with Crippen molar-refractivity contribution in [1.29, 1.82) is 0 Å². The van der Waals surface area contributed by atoms with Gasteiger partial charge in [-0.05, 0) is 44.0 Å². The minimum absolute atomic E-state index is 0.238. The maximum atomic E-state index is 13.2. The number of hydrogen-bond acceptors (Lipinski definition) is 3. The van der Waals surface area contributed by atoms with Crippen molar-refractivity contribution in [3.8, 4) is 0 Å². The summed E-state index contributed by atoms with van der Waals surface area (Å²) in [5.41, 5.74) is -0.233. The first kappa shape index (κ1) is 15.2. The SMILES string of the molecule is O=C(NCCCNC1CC1)Nc1ccc(F)c(C(=O)O)c1. The minimum atomic E-state index is -1.37. The highest BCUT2D eigenvalue weighted by Gasteiger charge is 2.19. The highest BCUT2D eigenvalue weighted by Crippen LogP contribution is 2.18. The first-order valence-corrected chi connectivity index (χ1v) is 6.87. The molecule has 1 fully saturated rings. The molecule has 0 aliphatic heterocycles. The largest absolute Gasteiger partial charge is 0.478 e. The topological polar surface area (TPSA) is 90.5 Å². The van der Waals surface area contributed by atoms with Crippen LogP contribution in [-0.4, -0.2) is 36.2 Å². The van der Waals surface area contributed by atoms with Gasteiger partial charge in [-0.2, -0.15) is 0 Å². The lowest BCUT2D eigenvalue weighted by molar-refractivity contribution is 0.0692. The van der Waals surface area contributed by atoms with Crippen molar-refractivity contribution in [2.45, 2.75) is 25.3 Å². The van der Waals surface area contributed by atoms with Gasteiger partial charge in [0.05, 0.1) is 5.56 Å². The molecule has 0 unspecified atom stereocenters. The molecule has 0 bridgehead atoms. The van der Waals surface area contributed by atoms with Crippen LogP contribution < -0.4 is 16.0 Å². The van der Waals surface area contributed by atoms with Crippen LogP contribution in [0, 0.1) is 5.82 Å². The molecule has 0 spiro atoms. The van der Waals surface area contributed by atoms with Gasteiger partial charge in [0.1, 0.15) is 5.82 Å². The molecule has 21 heavy (non-hydrogen) atoms. The summed E-state index contributed by atoms with van der Waals surface area (Å²) in [7, 11) is 0. The summed E-state index contributed by atoms with van der Waals surface area (Å²) in [6.07, 6.45) is 3.27. The van der Waals surface area contributed by atoms with E-state index in [4.69, 9.17) is 5.11 Å². The highest BCUT2D eigenvalue weighted by atomic mass is 19.1.